The first-order chi connectivity index (χ1) is 7.72. The van der Waals surface area contributed by atoms with Crippen LogP contribution in [0, 0.1) is 6.92 Å². The van der Waals surface area contributed by atoms with Gasteiger partial charge in [-0.15, -0.1) is 11.6 Å². The number of alkyl halides is 1. The molecule has 1 N–H and O–H groups in total. The van der Waals surface area contributed by atoms with Crippen LogP contribution in [0.4, 0.5) is 5.69 Å². The zero-order valence-corrected chi connectivity index (χ0v) is 10.4. The molecule has 1 aromatic heterocycles. The summed E-state index contributed by atoms with van der Waals surface area (Å²) in [6.07, 6.45) is 0.973. The van der Waals surface area contributed by atoms with Crippen molar-refractivity contribution in [2.75, 3.05) is 17.7 Å². The monoisotopic (exact) mass is 237 g/mol. The number of hydrogen-bond acceptors (Lipinski definition) is 2. The summed E-state index contributed by atoms with van der Waals surface area (Å²) in [7, 11) is 2.03. The first kappa shape index (κ1) is 11.3. The lowest BCUT2D eigenvalue weighted by molar-refractivity contribution is 0.886. The minimum Gasteiger partial charge on any atom is -0.385 e. The molecule has 0 aliphatic heterocycles. The molecule has 3 nitrogen and oxygen atoms in total. The van der Waals surface area contributed by atoms with E-state index >= 15 is 0 Å². The molecule has 0 saturated heterocycles. The smallest absolute Gasteiger partial charge is 0.106 e. The molecule has 0 amide bonds. The van der Waals surface area contributed by atoms with Crippen LogP contribution >= 0.6 is 11.6 Å². The third-order valence-corrected chi connectivity index (χ3v) is 3.01. The average molecular weight is 238 g/mol. The Labute approximate surface area is 100 Å². The average Bonchev–Trinajstić information content (AvgIpc) is 2.55. The molecule has 0 aliphatic rings. The number of fused-ring (bicyclic) bond motifs is 1. The Kier molecular flexibility index (Phi) is 3.34. The van der Waals surface area contributed by atoms with E-state index in [0.29, 0.717) is 5.88 Å². The van der Waals surface area contributed by atoms with Gasteiger partial charge in [0, 0.05) is 25.2 Å². The molecule has 2 rings (SSSR count). The molecule has 0 radical (unpaired) electrons. The molecule has 0 atom stereocenters. The highest BCUT2D eigenvalue weighted by atomic mass is 35.5. The standard InChI is InChI=1S/C12H16ClN3/c1-9-15-11-8-10(14-7-3-6-13)4-5-12(11)16(9)2/h4-5,8,14H,3,6-7H2,1-2H3. The van der Waals surface area contributed by atoms with Crippen molar-refractivity contribution in [1.29, 1.82) is 0 Å². The van der Waals surface area contributed by atoms with Crippen LogP contribution in [0.3, 0.4) is 0 Å². The molecule has 16 heavy (non-hydrogen) atoms. The van der Waals surface area contributed by atoms with E-state index in [1.165, 1.54) is 5.52 Å². The second-order valence-corrected chi connectivity index (χ2v) is 4.27. The number of nitrogens with zero attached hydrogens (tertiary/aromatic N) is 2. The van der Waals surface area contributed by atoms with Crippen molar-refractivity contribution < 1.29 is 0 Å². The van der Waals surface area contributed by atoms with E-state index in [2.05, 4.69) is 33.1 Å². The van der Waals surface area contributed by atoms with Crippen molar-refractivity contribution in [3.8, 4) is 0 Å². The van der Waals surface area contributed by atoms with Crippen LogP contribution in [0.15, 0.2) is 18.2 Å². The molecule has 0 aliphatic carbocycles. The highest BCUT2D eigenvalue weighted by Gasteiger charge is 2.04. The van der Waals surface area contributed by atoms with Crippen LogP contribution < -0.4 is 5.32 Å². The van der Waals surface area contributed by atoms with Gasteiger partial charge in [0.25, 0.3) is 0 Å². The quantitative estimate of drug-likeness (QED) is 0.655. The summed E-state index contributed by atoms with van der Waals surface area (Å²) < 4.78 is 2.10. The van der Waals surface area contributed by atoms with E-state index in [-0.39, 0.29) is 0 Å². The zero-order chi connectivity index (χ0) is 11.5. The number of aryl methyl sites for hydroxylation is 2. The molecule has 0 unspecified atom stereocenters. The van der Waals surface area contributed by atoms with E-state index in [9.17, 15) is 0 Å². The maximum Gasteiger partial charge on any atom is 0.106 e. The predicted molar refractivity (Wildman–Crippen MR) is 69.3 cm³/mol. The minimum atomic E-state index is 0.692. The number of benzene rings is 1. The Hall–Kier alpha value is -1.22. The number of anilines is 1. The van der Waals surface area contributed by atoms with Gasteiger partial charge >= 0.3 is 0 Å². The van der Waals surface area contributed by atoms with E-state index in [4.69, 9.17) is 11.6 Å². The van der Waals surface area contributed by atoms with Gasteiger partial charge in [0.1, 0.15) is 5.82 Å². The Morgan fingerprint density at radius 3 is 3.00 bits per heavy atom. The third kappa shape index (κ3) is 2.14. The fraction of sp³-hybridized carbons (Fsp3) is 0.417. The number of nitrogens with one attached hydrogen (secondary N) is 1. The highest BCUT2D eigenvalue weighted by molar-refractivity contribution is 6.17. The van der Waals surface area contributed by atoms with Crippen molar-refractivity contribution in [2.45, 2.75) is 13.3 Å². The molecule has 4 heteroatoms. The summed E-state index contributed by atoms with van der Waals surface area (Å²) in [6.45, 7) is 2.92. The van der Waals surface area contributed by atoms with Gasteiger partial charge < -0.3 is 9.88 Å². The minimum absolute atomic E-state index is 0.692. The summed E-state index contributed by atoms with van der Waals surface area (Å²) in [5.74, 6) is 1.73. The molecule has 0 fully saturated rings. The fourth-order valence-corrected chi connectivity index (χ4v) is 1.86. The largest absolute Gasteiger partial charge is 0.385 e. The molecule has 0 bridgehead atoms. The predicted octanol–water partition coefficient (Wildman–Crippen LogP) is 2.92. The SMILES string of the molecule is Cc1nc2cc(NCCCCl)ccc2n1C. The summed E-state index contributed by atoms with van der Waals surface area (Å²) in [5, 5.41) is 3.33. The van der Waals surface area contributed by atoms with Gasteiger partial charge in [-0.1, -0.05) is 0 Å². The van der Waals surface area contributed by atoms with Crippen LogP contribution in [0.5, 0.6) is 0 Å². The summed E-state index contributed by atoms with van der Waals surface area (Å²) in [6, 6.07) is 6.26. The summed E-state index contributed by atoms with van der Waals surface area (Å²) in [5.41, 5.74) is 3.31. The van der Waals surface area contributed by atoms with E-state index in [1.807, 2.05) is 14.0 Å². The lowest BCUT2D eigenvalue weighted by Gasteiger charge is -2.04. The first-order valence-corrected chi connectivity index (χ1v) is 5.99. The van der Waals surface area contributed by atoms with Crippen LogP contribution in [0.2, 0.25) is 0 Å². The van der Waals surface area contributed by atoms with Crippen molar-refractivity contribution in [3.63, 3.8) is 0 Å². The van der Waals surface area contributed by atoms with Crippen molar-refractivity contribution in [1.82, 2.24) is 9.55 Å². The van der Waals surface area contributed by atoms with E-state index in [1.54, 1.807) is 0 Å². The molecule has 86 valence electrons. The highest BCUT2D eigenvalue weighted by Crippen LogP contribution is 2.19. The van der Waals surface area contributed by atoms with Gasteiger partial charge in [-0.05, 0) is 31.5 Å². The first-order valence-electron chi connectivity index (χ1n) is 5.45. The summed E-state index contributed by atoms with van der Waals surface area (Å²) >= 11 is 5.63. The fourth-order valence-electron chi connectivity index (χ4n) is 1.73. The maximum absolute atomic E-state index is 5.63. The Morgan fingerprint density at radius 2 is 2.25 bits per heavy atom. The van der Waals surface area contributed by atoms with Crippen molar-refractivity contribution in [2.24, 2.45) is 7.05 Å². The molecule has 1 heterocycles. The van der Waals surface area contributed by atoms with Crippen LogP contribution in [0.1, 0.15) is 12.2 Å². The number of halogens is 1. The Balaban J connectivity index is 2.23. The van der Waals surface area contributed by atoms with Crippen LogP contribution in [0.25, 0.3) is 11.0 Å². The maximum atomic E-state index is 5.63. The van der Waals surface area contributed by atoms with E-state index < -0.39 is 0 Å². The van der Waals surface area contributed by atoms with Crippen LogP contribution in [-0.2, 0) is 7.05 Å². The van der Waals surface area contributed by atoms with Gasteiger partial charge in [-0.25, -0.2) is 4.98 Å². The van der Waals surface area contributed by atoms with E-state index in [0.717, 1.165) is 30.0 Å². The number of imidazole rings is 1. The second-order valence-electron chi connectivity index (χ2n) is 3.89. The molecule has 2 aromatic rings. The molecule has 0 spiro atoms. The van der Waals surface area contributed by atoms with Gasteiger partial charge in [0.15, 0.2) is 0 Å². The van der Waals surface area contributed by atoms with Gasteiger partial charge in [-0.2, -0.15) is 0 Å². The second kappa shape index (κ2) is 4.74. The molecular formula is C12H16ClN3. The Bertz CT molecular complexity index is 490. The topological polar surface area (TPSA) is 29.9 Å². The number of rotatable bonds is 4. The number of hydrogen-bond donors (Lipinski definition) is 1. The molecule has 0 saturated carbocycles. The van der Waals surface area contributed by atoms with Gasteiger partial charge in [-0.3, -0.25) is 0 Å². The van der Waals surface area contributed by atoms with Crippen molar-refractivity contribution in [3.05, 3.63) is 24.0 Å². The normalized spacial score (nSPS) is 10.9. The lowest BCUT2D eigenvalue weighted by Crippen LogP contribution is -2.01. The molecule has 1 aromatic carbocycles. The Morgan fingerprint density at radius 1 is 1.44 bits per heavy atom. The summed E-state index contributed by atoms with van der Waals surface area (Å²) in [4.78, 5) is 4.50. The van der Waals surface area contributed by atoms with Crippen LogP contribution in [-0.4, -0.2) is 22.0 Å². The molecular weight excluding hydrogens is 222 g/mol. The van der Waals surface area contributed by atoms with Gasteiger partial charge in [0.2, 0.25) is 0 Å². The zero-order valence-electron chi connectivity index (χ0n) is 9.63. The van der Waals surface area contributed by atoms with Gasteiger partial charge in [0.05, 0.1) is 11.0 Å². The van der Waals surface area contributed by atoms with Crippen molar-refractivity contribution >= 4 is 28.3 Å². The lowest BCUT2D eigenvalue weighted by atomic mass is 10.2. The third-order valence-electron chi connectivity index (χ3n) is 2.74. The number of aromatic nitrogens is 2.